The van der Waals surface area contributed by atoms with E-state index < -0.39 is 0 Å². The van der Waals surface area contributed by atoms with Crippen LogP contribution in [0, 0.1) is 11.7 Å². The zero-order valence-electron chi connectivity index (χ0n) is 10.8. The third kappa shape index (κ3) is 3.52. The fourth-order valence-corrected chi connectivity index (χ4v) is 2.78. The van der Waals surface area contributed by atoms with Crippen LogP contribution in [0.3, 0.4) is 0 Å². The summed E-state index contributed by atoms with van der Waals surface area (Å²) in [6.45, 7) is 7.35. The van der Waals surface area contributed by atoms with Crippen LogP contribution in [0.2, 0.25) is 0 Å². The van der Waals surface area contributed by atoms with Crippen molar-refractivity contribution in [3.63, 3.8) is 0 Å². The van der Waals surface area contributed by atoms with Crippen LogP contribution in [0.15, 0.2) is 22.7 Å². The van der Waals surface area contributed by atoms with E-state index in [-0.39, 0.29) is 11.9 Å². The van der Waals surface area contributed by atoms with Gasteiger partial charge in [-0.2, -0.15) is 0 Å². The van der Waals surface area contributed by atoms with Crippen LogP contribution >= 0.6 is 15.9 Å². The molecule has 1 aromatic carbocycles. The first-order valence-corrected chi connectivity index (χ1v) is 7.12. The van der Waals surface area contributed by atoms with E-state index >= 15 is 0 Å². The molecule has 1 unspecified atom stereocenters. The van der Waals surface area contributed by atoms with Gasteiger partial charge in [0.2, 0.25) is 0 Å². The molecule has 0 aromatic heterocycles. The summed E-state index contributed by atoms with van der Waals surface area (Å²) in [4.78, 5) is 0. The predicted octanol–water partition coefficient (Wildman–Crippen LogP) is 4.68. The third-order valence-corrected chi connectivity index (χ3v) is 4.10. The molecule has 0 aliphatic carbocycles. The van der Waals surface area contributed by atoms with Gasteiger partial charge in [0.1, 0.15) is 5.82 Å². The van der Waals surface area contributed by atoms with Crippen LogP contribution in [0.4, 0.5) is 4.39 Å². The molecule has 0 amide bonds. The van der Waals surface area contributed by atoms with Crippen LogP contribution in [0.5, 0.6) is 0 Å². The minimum atomic E-state index is -0.184. The number of rotatable bonds is 6. The monoisotopic (exact) mass is 301 g/mol. The van der Waals surface area contributed by atoms with Crippen LogP contribution in [0.1, 0.15) is 45.2 Å². The van der Waals surface area contributed by atoms with E-state index in [1.807, 2.05) is 6.07 Å². The highest BCUT2D eigenvalue weighted by atomic mass is 79.9. The van der Waals surface area contributed by atoms with Gasteiger partial charge in [0.05, 0.1) is 4.47 Å². The molecule has 0 bridgehead atoms. The molecular weight excluding hydrogens is 281 g/mol. The fraction of sp³-hybridized carbons (Fsp3) is 0.571. The molecule has 0 aliphatic heterocycles. The minimum Gasteiger partial charge on any atom is -0.310 e. The minimum absolute atomic E-state index is 0.184. The molecule has 0 aliphatic rings. The van der Waals surface area contributed by atoms with E-state index in [0.717, 1.165) is 24.9 Å². The number of benzene rings is 1. The van der Waals surface area contributed by atoms with Crippen molar-refractivity contribution >= 4 is 15.9 Å². The summed E-state index contributed by atoms with van der Waals surface area (Å²) < 4.78 is 14.2. The molecule has 1 aromatic rings. The fourth-order valence-electron chi connectivity index (χ4n) is 2.27. The molecule has 0 saturated heterocycles. The molecule has 96 valence electrons. The first-order chi connectivity index (χ1) is 8.15. The van der Waals surface area contributed by atoms with Gasteiger partial charge in [0, 0.05) is 6.04 Å². The van der Waals surface area contributed by atoms with Crippen LogP contribution in [-0.2, 0) is 0 Å². The summed E-state index contributed by atoms with van der Waals surface area (Å²) in [6, 6.07) is 5.49. The molecule has 0 fully saturated rings. The largest absolute Gasteiger partial charge is 0.310 e. The van der Waals surface area contributed by atoms with Gasteiger partial charge in [0.25, 0.3) is 0 Å². The van der Waals surface area contributed by atoms with Crippen LogP contribution < -0.4 is 5.32 Å². The molecule has 0 spiro atoms. The van der Waals surface area contributed by atoms with Crippen molar-refractivity contribution in [3.8, 4) is 0 Å². The second kappa shape index (κ2) is 7.12. The maximum Gasteiger partial charge on any atom is 0.137 e. The van der Waals surface area contributed by atoms with Crippen molar-refractivity contribution < 1.29 is 4.39 Å². The van der Waals surface area contributed by atoms with E-state index in [2.05, 4.69) is 42.0 Å². The lowest BCUT2D eigenvalue weighted by Gasteiger charge is -2.27. The Bertz CT molecular complexity index is 350. The van der Waals surface area contributed by atoms with E-state index in [1.54, 1.807) is 6.07 Å². The van der Waals surface area contributed by atoms with Gasteiger partial charge in [0.15, 0.2) is 0 Å². The van der Waals surface area contributed by atoms with Crippen molar-refractivity contribution in [3.05, 3.63) is 34.1 Å². The number of hydrogen-bond acceptors (Lipinski definition) is 1. The summed E-state index contributed by atoms with van der Waals surface area (Å²) in [7, 11) is 0. The first-order valence-electron chi connectivity index (χ1n) is 6.32. The first kappa shape index (κ1) is 14.7. The van der Waals surface area contributed by atoms with Crippen molar-refractivity contribution in [2.24, 2.45) is 5.92 Å². The van der Waals surface area contributed by atoms with Crippen molar-refractivity contribution in [1.82, 2.24) is 5.32 Å². The Labute approximate surface area is 112 Å². The Morgan fingerprint density at radius 2 is 1.88 bits per heavy atom. The molecule has 0 radical (unpaired) electrons. The van der Waals surface area contributed by atoms with Gasteiger partial charge in [-0.25, -0.2) is 4.39 Å². The highest BCUT2D eigenvalue weighted by Gasteiger charge is 2.22. The second-order valence-corrected chi connectivity index (χ2v) is 5.05. The Hall–Kier alpha value is -0.410. The highest BCUT2D eigenvalue weighted by molar-refractivity contribution is 9.10. The number of nitrogens with one attached hydrogen (secondary N) is 1. The number of halogens is 2. The van der Waals surface area contributed by atoms with Gasteiger partial charge in [-0.15, -0.1) is 0 Å². The summed E-state index contributed by atoms with van der Waals surface area (Å²) >= 11 is 3.36. The van der Waals surface area contributed by atoms with E-state index in [0.29, 0.717) is 10.4 Å². The van der Waals surface area contributed by atoms with Crippen molar-refractivity contribution in [2.75, 3.05) is 6.54 Å². The van der Waals surface area contributed by atoms with Crippen molar-refractivity contribution in [2.45, 2.75) is 39.7 Å². The predicted molar refractivity (Wildman–Crippen MR) is 74.6 cm³/mol. The molecule has 0 heterocycles. The normalized spacial score (nSPS) is 13.1. The third-order valence-electron chi connectivity index (χ3n) is 3.26. The lowest BCUT2D eigenvalue weighted by Crippen LogP contribution is -2.28. The van der Waals surface area contributed by atoms with E-state index in [4.69, 9.17) is 0 Å². The standard InChI is InChI=1S/C14H21BrFN/c1-4-10(5-2)14(17-6-3)11-8-7-9-12(16)13(11)15/h7-10,14,17H,4-6H2,1-3H3. The SMILES string of the molecule is CCNC(c1cccc(F)c1Br)C(CC)CC. The molecule has 1 N–H and O–H groups in total. The topological polar surface area (TPSA) is 12.0 Å². The molecular formula is C14H21BrFN. The summed E-state index contributed by atoms with van der Waals surface area (Å²) in [5, 5.41) is 3.47. The maximum absolute atomic E-state index is 13.6. The van der Waals surface area contributed by atoms with Gasteiger partial charge in [-0.1, -0.05) is 45.7 Å². The van der Waals surface area contributed by atoms with Crippen molar-refractivity contribution in [1.29, 1.82) is 0 Å². The lowest BCUT2D eigenvalue weighted by molar-refractivity contribution is 0.344. The Kier molecular flexibility index (Phi) is 6.14. The summed E-state index contributed by atoms with van der Waals surface area (Å²) in [5.74, 6) is 0.351. The smallest absolute Gasteiger partial charge is 0.137 e. The van der Waals surface area contributed by atoms with Gasteiger partial charge in [-0.3, -0.25) is 0 Å². The Morgan fingerprint density at radius 3 is 2.41 bits per heavy atom. The maximum atomic E-state index is 13.6. The quantitative estimate of drug-likeness (QED) is 0.805. The van der Waals surface area contributed by atoms with E-state index in [9.17, 15) is 4.39 Å². The molecule has 1 rings (SSSR count). The molecule has 17 heavy (non-hydrogen) atoms. The summed E-state index contributed by atoms with van der Waals surface area (Å²) in [5.41, 5.74) is 1.03. The number of hydrogen-bond donors (Lipinski definition) is 1. The zero-order chi connectivity index (χ0) is 12.8. The van der Waals surface area contributed by atoms with Gasteiger partial charge < -0.3 is 5.32 Å². The average molecular weight is 302 g/mol. The molecule has 1 nitrogen and oxygen atoms in total. The molecule has 1 atom stereocenters. The Balaban J connectivity index is 3.08. The molecule has 3 heteroatoms. The highest BCUT2D eigenvalue weighted by Crippen LogP contribution is 2.33. The molecule has 0 saturated carbocycles. The zero-order valence-corrected chi connectivity index (χ0v) is 12.3. The Morgan fingerprint density at radius 1 is 1.24 bits per heavy atom. The van der Waals surface area contributed by atoms with E-state index in [1.165, 1.54) is 6.07 Å². The van der Waals surface area contributed by atoms with Crippen LogP contribution in [0.25, 0.3) is 0 Å². The van der Waals surface area contributed by atoms with Gasteiger partial charge in [-0.05, 0) is 40.0 Å². The van der Waals surface area contributed by atoms with Crippen LogP contribution in [-0.4, -0.2) is 6.54 Å². The lowest BCUT2D eigenvalue weighted by atomic mass is 9.89. The average Bonchev–Trinajstić information content (AvgIpc) is 2.33. The van der Waals surface area contributed by atoms with Gasteiger partial charge >= 0.3 is 0 Å². The summed E-state index contributed by atoms with van der Waals surface area (Å²) in [6.07, 6.45) is 2.19. The second-order valence-electron chi connectivity index (χ2n) is 4.25.